The van der Waals surface area contributed by atoms with Crippen molar-refractivity contribution in [2.24, 2.45) is 5.41 Å². The van der Waals surface area contributed by atoms with Crippen LogP contribution in [0.2, 0.25) is 0 Å². The van der Waals surface area contributed by atoms with Crippen molar-refractivity contribution in [2.45, 2.75) is 20.8 Å². The van der Waals surface area contributed by atoms with Gasteiger partial charge in [0.15, 0.2) is 0 Å². The van der Waals surface area contributed by atoms with Crippen molar-refractivity contribution in [2.75, 3.05) is 0 Å². The summed E-state index contributed by atoms with van der Waals surface area (Å²) in [7, 11) is 0. The van der Waals surface area contributed by atoms with Gasteiger partial charge in [-0.2, -0.15) is 0 Å². The van der Waals surface area contributed by atoms with E-state index in [0.717, 1.165) is 0 Å². The number of carbonyl (C=O) groups excluding carboxylic acids is 1. The van der Waals surface area contributed by atoms with Crippen LogP contribution in [-0.2, 0) is 24.3 Å². The second-order valence-electron chi connectivity index (χ2n) is 2.60. The molecule has 2 heteroatoms. The van der Waals surface area contributed by atoms with Crippen LogP contribution in [0.25, 0.3) is 0 Å². The van der Waals surface area contributed by atoms with Gasteiger partial charge in [0.1, 0.15) is 0 Å². The first kappa shape index (κ1) is 11.6. The summed E-state index contributed by atoms with van der Waals surface area (Å²) in [5, 5.41) is 0. The molecule has 0 spiro atoms. The molecule has 0 aromatic rings. The molecule has 0 saturated carbocycles. The van der Waals surface area contributed by atoms with Crippen molar-refractivity contribution in [3.63, 3.8) is 0 Å². The predicted molar refractivity (Wildman–Crippen MR) is 32.9 cm³/mol. The zero-order valence-electron chi connectivity index (χ0n) is 5.76. The monoisotopic (exact) mass is 211 g/mol. The third-order valence-corrected chi connectivity index (χ3v) is 0.489. The molecule has 0 heterocycles. The number of hydrogen-bond acceptors (Lipinski definition) is 1. The Kier molecular flexibility index (Phi) is 6.08. The Morgan fingerprint density at radius 2 is 1.78 bits per heavy atom. The average Bonchev–Trinajstić information content (AvgIpc) is 1.59. The maximum Gasteiger partial charge on any atom is 1.00 e. The van der Waals surface area contributed by atoms with Crippen molar-refractivity contribution in [1.82, 2.24) is 0 Å². The average molecular weight is 210 g/mol. The maximum absolute atomic E-state index is 9.55. The van der Waals surface area contributed by atoms with Crippen LogP contribution in [-0.4, -0.2) is 6.29 Å². The first-order valence-corrected chi connectivity index (χ1v) is 2.45. The molecule has 0 atom stereocenters. The van der Waals surface area contributed by atoms with Gasteiger partial charge in [-0.25, -0.2) is 0 Å². The van der Waals surface area contributed by atoms with Crippen LogP contribution in [0.15, 0.2) is 0 Å². The van der Waals surface area contributed by atoms with Crippen LogP contribution in [0.3, 0.4) is 0 Å². The van der Waals surface area contributed by atoms with E-state index in [4.69, 9.17) is 0 Å². The molecule has 0 aliphatic heterocycles. The minimum atomic E-state index is -0.0720. The zero-order chi connectivity index (χ0) is 6.62. The molecular weight excluding hydrogens is 201 g/mol. The van der Waals surface area contributed by atoms with Crippen LogP contribution in [0, 0.1) is 17.3 Å². The van der Waals surface area contributed by atoms with Crippen molar-refractivity contribution < 1.29 is 24.3 Å². The van der Waals surface area contributed by atoms with Gasteiger partial charge in [0.05, 0.1) is 0 Å². The molecule has 0 rings (SSSR count). The first-order chi connectivity index (χ1) is 3.56. The van der Waals surface area contributed by atoms with Crippen molar-refractivity contribution in [1.29, 1.82) is 0 Å². The number of hydrogen-bond donors (Lipinski definition) is 0. The Morgan fingerprint density at radius 1 is 1.33 bits per heavy atom. The Bertz CT molecular complexity index is 133. The van der Waals surface area contributed by atoms with Gasteiger partial charge in [0.2, 0.25) is 0 Å². The molecule has 1 radical (unpaired) electrons. The van der Waals surface area contributed by atoms with E-state index < -0.39 is 0 Å². The molecule has 0 N–H and O–H groups in total. The fourth-order valence-electron chi connectivity index (χ4n) is 0.213. The smallest absolute Gasteiger partial charge is 0.409 e. The summed E-state index contributed by atoms with van der Waals surface area (Å²) in [6, 6.07) is 0. The molecule has 9 heavy (non-hydrogen) atoms. The summed E-state index contributed by atoms with van der Waals surface area (Å²) in [6.45, 7) is 5.83. The molecule has 1 nitrogen and oxygen atoms in total. The van der Waals surface area contributed by atoms with E-state index in [1.165, 1.54) is 6.29 Å². The molecule has 0 amide bonds. The van der Waals surface area contributed by atoms with E-state index in [2.05, 4.69) is 11.8 Å². The Morgan fingerprint density at radius 3 is 1.89 bits per heavy atom. The van der Waals surface area contributed by atoms with Crippen LogP contribution >= 0.6 is 0 Å². The SMILES string of the molecule is CC(C)(C)C#C[C-]=O.[Ru+]. The van der Waals surface area contributed by atoms with E-state index in [9.17, 15) is 4.79 Å². The van der Waals surface area contributed by atoms with Gasteiger partial charge in [-0.05, 0) is 0 Å². The van der Waals surface area contributed by atoms with Crippen LogP contribution < -0.4 is 0 Å². The third-order valence-electron chi connectivity index (χ3n) is 0.489. The maximum atomic E-state index is 9.55. The molecular formula is C7H9ORu. The minimum Gasteiger partial charge on any atom is -0.409 e. The Hall–Kier alpha value is -0.147. The molecule has 0 aliphatic carbocycles. The van der Waals surface area contributed by atoms with E-state index in [1.807, 2.05) is 20.8 Å². The largest absolute Gasteiger partial charge is 1.00 e. The van der Waals surface area contributed by atoms with Gasteiger partial charge < -0.3 is 10.7 Å². The van der Waals surface area contributed by atoms with Crippen LogP contribution in [0.4, 0.5) is 0 Å². The molecule has 0 aromatic carbocycles. The van der Waals surface area contributed by atoms with E-state index >= 15 is 0 Å². The summed E-state index contributed by atoms with van der Waals surface area (Å²) in [5.41, 5.74) is -0.0720. The molecule has 0 unspecified atom stereocenters. The molecule has 0 saturated heterocycles. The normalized spacial score (nSPS) is 8.33. The predicted octanol–water partition coefficient (Wildman–Crippen LogP) is 1.14. The van der Waals surface area contributed by atoms with Crippen molar-refractivity contribution >= 4 is 6.29 Å². The summed E-state index contributed by atoms with van der Waals surface area (Å²) in [6.07, 6.45) is 1.51. The summed E-state index contributed by atoms with van der Waals surface area (Å²) in [5.74, 6) is 4.93. The van der Waals surface area contributed by atoms with Gasteiger partial charge in [-0.15, -0.1) is 0 Å². The van der Waals surface area contributed by atoms with Gasteiger partial charge in [0, 0.05) is 6.29 Å². The standard InChI is InChI=1S/C7H9O.Ru/c1-7(2,3)5-4-6-8;/h1-3H3;/q-1;+1. The van der Waals surface area contributed by atoms with Gasteiger partial charge in [0.25, 0.3) is 0 Å². The number of rotatable bonds is 0. The third kappa shape index (κ3) is 11.4. The summed E-state index contributed by atoms with van der Waals surface area (Å²) >= 11 is 0. The summed E-state index contributed by atoms with van der Waals surface area (Å²) < 4.78 is 0. The first-order valence-electron chi connectivity index (χ1n) is 2.45. The zero-order valence-corrected chi connectivity index (χ0v) is 7.50. The van der Waals surface area contributed by atoms with E-state index in [0.29, 0.717) is 0 Å². The molecule has 0 aromatic heterocycles. The Balaban J connectivity index is 0. The fourth-order valence-corrected chi connectivity index (χ4v) is 0.213. The van der Waals surface area contributed by atoms with E-state index in [-0.39, 0.29) is 24.9 Å². The molecule has 0 bridgehead atoms. The fraction of sp³-hybridized carbons (Fsp3) is 0.571. The quantitative estimate of drug-likeness (QED) is 0.333. The van der Waals surface area contributed by atoms with Gasteiger partial charge in [-0.3, -0.25) is 5.92 Å². The van der Waals surface area contributed by atoms with Gasteiger partial charge >= 0.3 is 19.5 Å². The topological polar surface area (TPSA) is 17.1 Å². The second kappa shape index (κ2) is 4.71. The van der Waals surface area contributed by atoms with Crippen molar-refractivity contribution in [3.8, 4) is 11.8 Å². The van der Waals surface area contributed by atoms with Crippen molar-refractivity contribution in [3.05, 3.63) is 0 Å². The summed E-state index contributed by atoms with van der Waals surface area (Å²) in [4.78, 5) is 9.55. The van der Waals surface area contributed by atoms with Gasteiger partial charge in [-0.1, -0.05) is 26.2 Å². The minimum absolute atomic E-state index is 0. The molecule has 51 valence electrons. The van der Waals surface area contributed by atoms with Crippen LogP contribution in [0.1, 0.15) is 20.8 Å². The molecule has 0 fully saturated rings. The second-order valence-corrected chi connectivity index (χ2v) is 2.60. The van der Waals surface area contributed by atoms with E-state index in [1.54, 1.807) is 0 Å². The van der Waals surface area contributed by atoms with Crippen LogP contribution in [0.5, 0.6) is 0 Å². The molecule has 0 aliphatic rings. The Labute approximate surface area is 69.0 Å².